The Bertz CT molecular complexity index is 1060. The quantitative estimate of drug-likeness (QED) is 0.458. The Labute approximate surface area is 184 Å². The SMILES string of the molecule is O=C(/C=C/c1ccco1)NCCC(=O)Nc1ncc(Cc2ccc(OC(F)(F)F)cc2)s1. The first-order valence-electron chi connectivity index (χ1n) is 9.35. The van der Waals surface area contributed by atoms with Crippen LogP contribution in [0, 0.1) is 0 Å². The van der Waals surface area contributed by atoms with Gasteiger partial charge in [0.15, 0.2) is 5.13 Å². The molecule has 7 nitrogen and oxygen atoms in total. The molecule has 3 aromatic rings. The van der Waals surface area contributed by atoms with Crippen molar-refractivity contribution in [1.82, 2.24) is 10.3 Å². The molecule has 2 N–H and O–H groups in total. The first-order chi connectivity index (χ1) is 15.3. The average molecular weight is 465 g/mol. The summed E-state index contributed by atoms with van der Waals surface area (Å²) in [6.45, 7) is 0.151. The molecule has 0 saturated carbocycles. The lowest BCUT2D eigenvalue weighted by Crippen LogP contribution is -2.26. The second-order valence-corrected chi connectivity index (χ2v) is 7.55. The minimum atomic E-state index is -4.73. The third-order valence-electron chi connectivity index (χ3n) is 3.93. The van der Waals surface area contributed by atoms with Gasteiger partial charge in [-0.25, -0.2) is 4.98 Å². The number of hydrogen-bond acceptors (Lipinski definition) is 6. The fourth-order valence-corrected chi connectivity index (χ4v) is 3.40. The number of benzene rings is 1. The molecule has 168 valence electrons. The average Bonchev–Trinajstić information content (AvgIpc) is 3.39. The number of amides is 2. The number of carbonyl (C=O) groups is 2. The molecule has 11 heteroatoms. The second kappa shape index (κ2) is 10.6. The number of ether oxygens (including phenoxy) is 1. The Morgan fingerprint density at radius 1 is 1.19 bits per heavy atom. The molecule has 0 saturated heterocycles. The van der Waals surface area contributed by atoms with E-state index >= 15 is 0 Å². The van der Waals surface area contributed by atoms with Gasteiger partial charge in [-0.2, -0.15) is 0 Å². The molecule has 3 rings (SSSR count). The summed E-state index contributed by atoms with van der Waals surface area (Å²) in [5, 5.41) is 5.64. The highest BCUT2D eigenvalue weighted by molar-refractivity contribution is 7.15. The molecular weight excluding hydrogens is 447 g/mol. The van der Waals surface area contributed by atoms with Gasteiger partial charge in [-0.3, -0.25) is 9.59 Å². The third-order valence-corrected chi connectivity index (χ3v) is 4.84. The molecule has 2 amide bonds. The number of aromatic nitrogens is 1. The van der Waals surface area contributed by atoms with Crippen LogP contribution in [0.3, 0.4) is 0 Å². The molecule has 0 atom stereocenters. The molecule has 0 aliphatic carbocycles. The summed E-state index contributed by atoms with van der Waals surface area (Å²) in [5.41, 5.74) is 0.770. The predicted molar refractivity (Wildman–Crippen MR) is 112 cm³/mol. The van der Waals surface area contributed by atoms with E-state index in [2.05, 4.69) is 20.4 Å². The second-order valence-electron chi connectivity index (χ2n) is 6.44. The van der Waals surface area contributed by atoms with E-state index < -0.39 is 6.36 Å². The topological polar surface area (TPSA) is 93.5 Å². The van der Waals surface area contributed by atoms with Gasteiger partial charge in [-0.15, -0.1) is 24.5 Å². The highest BCUT2D eigenvalue weighted by Crippen LogP contribution is 2.25. The van der Waals surface area contributed by atoms with Gasteiger partial charge in [0.25, 0.3) is 0 Å². The molecule has 0 radical (unpaired) electrons. The van der Waals surface area contributed by atoms with Gasteiger partial charge in [0, 0.05) is 36.5 Å². The molecule has 0 unspecified atom stereocenters. The molecule has 2 heterocycles. The van der Waals surface area contributed by atoms with Crippen LogP contribution < -0.4 is 15.4 Å². The standard InChI is InChI=1S/C21H18F3N3O4S/c22-21(23,24)31-16-5-3-14(4-6-16)12-17-13-26-20(32-17)27-19(29)9-10-25-18(28)8-7-15-2-1-11-30-15/h1-8,11,13H,9-10,12H2,(H,25,28)(H,26,27,29)/b8-7+. The van der Waals surface area contributed by atoms with Crippen molar-refractivity contribution in [1.29, 1.82) is 0 Å². The van der Waals surface area contributed by atoms with Crippen molar-refractivity contribution < 1.29 is 31.9 Å². The van der Waals surface area contributed by atoms with Gasteiger partial charge in [0.05, 0.1) is 6.26 Å². The molecule has 32 heavy (non-hydrogen) atoms. The minimum absolute atomic E-state index is 0.0654. The van der Waals surface area contributed by atoms with Gasteiger partial charge in [-0.05, 0) is 35.9 Å². The van der Waals surface area contributed by atoms with Crippen LogP contribution in [0.1, 0.15) is 22.6 Å². The molecule has 0 spiro atoms. The van der Waals surface area contributed by atoms with E-state index in [0.29, 0.717) is 17.3 Å². The highest BCUT2D eigenvalue weighted by Gasteiger charge is 2.30. The van der Waals surface area contributed by atoms with Crippen LogP contribution in [0.15, 0.2) is 59.4 Å². The summed E-state index contributed by atoms with van der Waals surface area (Å²) in [4.78, 5) is 28.7. The number of carbonyl (C=O) groups excluding carboxylic acids is 2. The number of nitrogens with zero attached hydrogens (tertiary/aromatic N) is 1. The number of thiazole rings is 1. The van der Waals surface area contributed by atoms with Crippen molar-refractivity contribution in [3.8, 4) is 5.75 Å². The van der Waals surface area contributed by atoms with Gasteiger partial charge >= 0.3 is 6.36 Å². The maximum atomic E-state index is 12.2. The number of furan rings is 1. The van der Waals surface area contributed by atoms with Crippen LogP contribution >= 0.6 is 11.3 Å². The van der Waals surface area contributed by atoms with Gasteiger partial charge in [0.1, 0.15) is 11.5 Å². The summed E-state index contributed by atoms with van der Waals surface area (Å²) in [6, 6.07) is 8.95. The largest absolute Gasteiger partial charge is 0.573 e. The Kier molecular flexibility index (Phi) is 7.66. The van der Waals surface area contributed by atoms with Crippen molar-refractivity contribution in [3.63, 3.8) is 0 Å². The molecule has 2 aromatic heterocycles. The van der Waals surface area contributed by atoms with Crippen LogP contribution in [0.5, 0.6) is 5.75 Å². The Morgan fingerprint density at radius 2 is 1.97 bits per heavy atom. The van der Waals surface area contributed by atoms with Crippen LogP contribution in [0.4, 0.5) is 18.3 Å². The molecular formula is C21H18F3N3O4S. The molecule has 1 aromatic carbocycles. The van der Waals surface area contributed by atoms with E-state index in [0.717, 1.165) is 10.4 Å². The van der Waals surface area contributed by atoms with Gasteiger partial charge in [0.2, 0.25) is 11.8 Å². The van der Waals surface area contributed by atoms with Crippen molar-refractivity contribution in [2.75, 3.05) is 11.9 Å². The number of halogens is 3. The Balaban J connectivity index is 1.40. The first-order valence-corrected chi connectivity index (χ1v) is 10.2. The van der Waals surface area contributed by atoms with E-state index in [1.54, 1.807) is 18.3 Å². The summed E-state index contributed by atoms with van der Waals surface area (Å²) >= 11 is 1.25. The predicted octanol–water partition coefficient (Wildman–Crippen LogP) is 4.38. The summed E-state index contributed by atoms with van der Waals surface area (Å²) in [7, 11) is 0. The summed E-state index contributed by atoms with van der Waals surface area (Å²) < 4.78 is 45.5. The minimum Gasteiger partial charge on any atom is -0.465 e. The summed E-state index contributed by atoms with van der Waals surface area (Å²) in [6.07, 6.45) is 1.69. The zero-order chi connectivity index (χ0) is 23.0. The van der Waals surface area contributed by atoms with Crippen LogP contribution in [0.25, 0.3) is 6.08 Å². The number of anilines is 1. The fourth-order valence-electron chi connectivity index (χ4n) is 2.54. The van der Waals surface area contributed by atoms with Crippen molar-refractivity contribution in [2.24, 2.45) is 0 Å². The van der Waals surface area contributed by atoms with Crippen molar-refractivity contribution in [2.45, 2.75) is 19.2 Å². The zero-order valence-corrected chi connectivity index (χ0v) is 17.3. The number of nitrogens with one attached hydrogen (secondary N) is 2. The number of alkyl halides is 3. The maximum Gasteiger partial charge on any atom is 0.573 e. The van der Waals surface area contributed by atoms with E-state index in [1.807, 2.05) is 0 Å². The van der Waals surface area contributed by atoms with Crippen LogP contribution in [-0.4, -0.2) is 29.7 Å². The summed E-state index contributed by atoms with van der Waals surface area (Å²) in [5.74, 6) is -0.405. The fraction of sp³-hybridized carbons (Fsp3) is 0.190. The number of hydrogen-bond donors (Lipinski definition) is 2. The molecule has 0 aliphatic rings. The highest BCUT2D eigenvalue weighted by atomic mass is 32.1. The normalized spacial score (nSPS) is 11.5. The molecule has 0 aliphatic heterocycles. The van der Waals surface area contributed by atoms with Crippen LogP contribution in [-0.2, 0) is 16.0 Å². The van der Waals surface area contributed by atoms with Gasteiger partial charge < -0.3 is 19.8 Å². The Morgan fingerprint density at radius 3 is 2.66 bits per heavy atom. The van der Waals surface area contributed by atoms with Crippen LogP contribution in [0.2, 0.25) is 0 Å². The number of rotatable bonds is 9. The lowest BCUT2D eigenvalue weighted by molar-refractivity contribution is -0.274. The van der Waals surface area contributed by atoms with Crippen molar-refractivity contribution >= 4 is 34.4 Å². The first kappa shape index (κ1) is 23.1. The maximum absolute atomic E-state index is 12.2. The lowest BCUT2D eigenvalue weighted by Gasteiger charge is -2.08. The van der Waals surface area contributed by atoms with Gasteiger partial charge in [-0.1, -0.05) is 12.1 Å². The van der Waals surface area contributed by atoms with E-state index in [4.69, 9.17) is 4.42 Å². The van der Waals surface area contributed by atoms with Crippen molar-refractivity contribution in [3.05, 3.63) is 71.1 Å². The molecule has 0 fully saturated rings. The van der Waals surface area contributed by atoms with E-state index in [1.165, 1.54) is 54.0 Å². The zero-order valence-electron chi connectivity index (χ0n) is 16.5. The Hall–Kier alpha value is -3.60. The third kappa shape index (κ3) is 7.91. The molecule has 0 bridgehead atoms. The smallest absolute Gasteiger partial charge is 0.465 e. The van der Waals surface area contributed by atoms with E-state index in [9.17, 15) is 22.8 Å². The lowest BCUT2D eigenvalue weighted by atomic mass is 10.1. The van der Waals surface area contributed by atoms with E-state index in [-0.39, 0.29) is 30.5 Å². The monoisotopic (exact) mass is 465 g/mol.